The average molecular weight is 655 g/mol. The van der Waals surface area contributed by atoms with Crippen LogP contribution in [0.1, 0.15) is 31.4 Å². The van der Waals surface area contributed by atoms with Gasteiger partial charge in [-0.2, -0.15) is 0 Å². The summed E-state index contributed by atoms with van der Waals surface area (Å²) >= 11 is 18.7. The van der Waals surface area contributed by atoms with Crippen molar-refractivity contribution < 1.29 is 22.7 Å². The van der Waals surface area contributed by atoms with Crippen molar-refractivity contribution in [3.05, 3.63) is 92.9 Å². The van der Waals surface area contributed by atoms with E-state index >= 15 is 0 Å². The van der Waals surface area contributed by atoms with E-state index in [1.54, 1.807) is 18.2 Å². The smallest absolute Gasteiger partial charge is 0.244 e. The van der Waals surface area contributed by atoms with Crippen molar-refractivity contribution in [2.24, 2.45) is 0 Å². The number of benzene rings is 3. The van der Waals surface area contributed by atoms with Gasteiger partial charge in [-0.3, -0.25) is 13.9 Å². The fourth-order valence-corrected chi connectivity index (χ4v) is 5.67. The van der Waals surface area contributed by atoms with Gasteiger partial charge in [0.25, 0.3) is 0 Å². The quantitative estimate of drug-likeness (QED) is 0.245. The highest BCUT2D eigenvalue weighted by molar-refractivity contribution is 7.92. The highest BCUT2D eigenvalue weighted by atomic mass is 35.5. The molecule has 2 amide bonds. The zero-order chi connectivity index (χ0) is 31.0. The van der Waals surface area contributed by atoms with Crippen molar-refractivity contribution in [1.29, 1.82) is 0 Å². The van der Waals surface area contributed by atoms with Gasteiger partial charge in [-0.05, 0) is 54.8 Å². The Labute approximate surface area is 262 Å². The van der Waals surface area contributed by atoms with Crippen LogP contribution < -0.4 is 14.4 Å². The van der Waals surface area contributed by atoms with E-state index in [9.17, 15) is 18.0 Å². The normalized spacial score (nSPS) is 12.7. The summed E-state index contributed by atoms with van der Waals surface area (Å²) in [6.45, 7) is 3.22. The average Bonchev–Trinajstić information content (AvgIpc) is 2.95. The molecule has 0 fully saturated rings. The molecule has 0 aliphatic rings. The molecule has 0 aliphatic carbocycles. The molecule has 0 aliphatic heterocycles. The molecule has 8 nitrogen and oxygen atoms in total. The number of anilines is 1. The maximum Gasteiger partial charge on any atom is 0.244 e. The molecule has 12 heteroatoms. The molecular formula is C30H34Cl3N3O5S. The molecule has 2 atom stereocenters. The second kappa shape index (κ2) is 15.0. The van der Waals surface area contributed by atoms with Crippen LogP contribution in [0.2, 0.25) is 15.1 Å². The first kappa shape index (κ1) is 33.5. The summed E-state index contributed by atoms with van der Waals surface area (Å²) in [7, 11) is -2.51. The third-order valence-corrected chi connectivity index (χ3v) is 8.89. The fourth-order valence-electron chi connectivity index (χ4n) is 4.25. The first-order valence-corrected chi connectivity index (χ1v) is 16.2. The Balaban J connectivity index is 2.09. The van der Waals surface area contributed by atoms with Crippen LogP contribution in [0.15, 0.2) is 66.7 Å². The molecule has 3 rings (SSSR count). The molecule has 42 heavy (non-hydrogen) atoms. The lowest BCUT2D eigenvalue weighted by molar-refractivity contribution is -0.140. The number of hydrogen-bond donors (Lipinski definition) is 1. The summed E-state index contributed by atoms with van der Waals surface area (Å²) in [4.78, 5) is 29.3. The lowest BCUT2D eigenvalue weighted by atomic mass is 10.0. The highest BCUT2D eigenvalue weighted by Gasteiger charge is 2.33. The molecule has 0 radical (unpaired) electrons. The van der Waals surface area contributed by atoms with Gasteiger partial charge in [-0.15, -0.1) is 0 Å². The van der Waals surface area contributed by atoms with Crippen LogP contribution in [0, 0.1) is 0 Å². The number of hydrogen-bond acceptors (Lipinski definition) is 5. The van der Waals surface area contributed by atoms with Crippen LogP contribution in [0.25, 0.3) is 0 Å². The second-order valence-electron chi connectivity index (χ2n) is 9.88. The van der Waals surface area contributed by atoms with Crippen LogP contribution in [0.5, 0.6) is 5.75 Å². The SMILES string of the molecule is CCC(C)NC(=O)C(Cc1ccccc1)N(Cc1ccc(Cl)c(Cl)c1)C(=O)CN(c1ccc(OC)c(Cl)c1)S(C)(=O)=O. The Hall–Kier alpha value is -2.98. The van der Waals surface area contributed by atoms with Gasteiger partial charge in [-0.1, -0.05) is 78.1 Å². The number of halogens is 3. The monoisotopic (exact) mass is 653 g/mol. The molecule has 3 aromatic carbocycles. The molecule has 0 bridgehead atoms. The van der Waals surface area contributed by atoms with E-state index in [0.29, 0.717) is 22.8 Å². The van der Waals surface area contributed by atoms with Crippen LogP contribution >= 0.6 is 34.8 Å². The Morgan fingerprint density at radius 1 is 0.929 bits per heavy atom. The van der Waals surface area contributed by atoms with Crippen molar-refractivity contribution in [3.63, 3.8) is 0 Å². The van der Waals surface area contributed by atoms with Crippen LogP contribution in [-0.2, 0) is 32.6 Å². The number of amides is 2. The van der Waals surface area contributed by atoms with Crippen molar-refractivity contribution >= 4 is 62.3 Å². The largest absolute Gasteiger partial charge is 0.495 e. The maximum atomic E-state index is 14.2. The minimum atomic E-state index is -3.95. The Morgan fingerprint density at radius 3 is 2.19 bits per heavy atom. The number of nitrogens with zero attached hydrogens (tertiary/aromatic N) is 2. The van der Waals surface area contributed by atoms with E-state index in [0.717, 1.165) is 16.1 Å². The molecule has 0 saturated carbocycles. The van der Waals surface area contributed by atoms with Crippen molar-refractivity contribution in [2.45, 2.75) is 45.3 Å². The maximum absolute atomic E-state index is 14.2. The van der Waals surface area contributed by atoms with E-state index < -0.39 is 28.5 Å². The molecule has 0 saturated heterocycles. The van der Waals surface area contributed by atoms with Gasteiger partial charge in [0.05, 0.1) is 34.1 Å². The minimum absolute atomic E-state index is 0.0257. The van der Waals surface area contributed by atoms with E-state index in [-0.39, 0.29) is 40.6 Å². The van der Waals surface area contributed by atoms with Crippen LogP contribution in [0.3, 0.4) is 0 Å². The first-order chi connectivity index (χ1) is 19.8. The number of rotatable bonds is 13. The van der Waals surface area contributed by atoms with Gasteiger partial charge < -0.3 is 15.0 Å². The Kier molecular flexibility index (Phi) is 11.9. The van der Waals surface area contributed by atoms with Gasteiger partial charge in [0.2, 0.25) is 21.8 Å². The highest BCUT2D eigenvalue weighted by Crippen LogP contribution is 2.31. The summed E-state index contributed by atoms with van der Waals surface area (Å²) in [6.07, 6.45) is 1.88. The Morgan fingerprint density at radius 2 is 1.62 bits per heavy atom. The van der Waals surface area contributed by atoms with Crippen molar-refractivity contribution in [3.8, 4) is 5.75 Å². The minimum Gasteiger partial charge on any atom is -0.495 e. The van der Waals surface area contributed by atoms with Crippen LogP contribution in [0.4, 0.5) is 5.69 Å². The molecule has 2 unspecified atom stereocenters. The fraction of sp³-hybridized carbons (Fsp3) is 0.333. The molecule has 226 valence electrons. The van der Waals surface area contributed by atoms with Gasteiger partial charge in [0, 0.05) is 19.0 Å². The molecule has 0 spiro atoms. The molecule has 0 aromatic heterocycles. The summed E-state index contributed by atoms with van der Waals surface area (Å²) in [5.41, 5.74) is 1.62. The zero-order valence-electron chi connectivity index (χ0n) is 23.8. The van der Waals surface area contributed by atoms with Crippen LogP contribution in [-0.4, -0.2) is 57.1 Å². The number of nitrogens with one attached hydrogen (secondary N) is 1. The van der Waals surface area contributed by atoms with Gasteiger partial charge in [0.1, 0.15) is 18.3 Å². The number of ether oxygens (including phenoxy) is 1. The predicted octanol–water partition coefficient (Wildman–Crippen LogP) is 5.98. The van der Waals surface area contributed by atoms with Gasteiger partial charge >= 0.3 is 0 Å². The zero-order valence-corrected chi connectivity index (χ0v) is 26.9. The van der Waals surface area contributed by atoms with E-state index in [2.05, 4.69) is 5.32 Å². The lowest BCUT2D eigenvalue weighted by Crippen LogP contribution is -2.54. The van der Waals surface area contributed by atoms with Crippen molar-refractivity contribution in [1.82, 2.24) is 10.2 Å². The van der Waals surface area contributed by atoms with E-state index in [4.69, 9.17) is 39.5 Å². The third kappa shape index (κ3) is 9.01. The van der Waals surface area contributed by atoms with Gasteiger partial charge in [0.15, 0.2) is 0 Å². The number of carbonyl (C=O) groups excluding carboxylic acids is 2. The first-order valence-electron chi connectivity index (χ1n) is 13.2. The molecule has 1 N–H and O–H groups in total. The summed E-state index contributed by atoms with van der Waals surface area (Å²) < 4.78 is 32.0. The molecule has 3 aromatic rings. The summed E-state index contributed by atoms with van der Waals surface area (Å²) in [6, 6.07) is 17.5. The van der Waals surface area contributed by atoms with Gasteiger partial charge in [-0.25, -0.2) is 8.42 Å². The number of methoxy groups -OCH3 is 1. The number of carbonyl (C=O) groups is 2. The predicted molar refractivity (Wildman–Crippen MR) is 169 cm³/mol. The Bertz CT molecular complexity index is 1510. The lowest BCUT2D eigenvalue weighted by Gasteiger charge is -2.34. The standard InChI is InChI=1S/C30H34Cl3N3O5S/c1-5-20(2)34-30(38)27(16-21-9-7-6-8-10-21)35(18-22-11-13-24(31)25(32)15-22)29(37)19-36(42(4,39)40)23-12-14-28(41-3)26(33)17-23/h6-15,17,20,27H,5,16,18-19H2,1-4H3,(H,34,38). The van der Waals surface area contributed by atoms with Crippen molar-refractivity contribution in [2.75, 3.05) is 24.2 Å². The number of sulfonamides is 1. The summed E-state index contributed by atoms with van der Waals surface area (Å²) in [5.74, 6) is -0.607. The van der Waals surface area contributed by atoms with E-state index in [1.807, 2.05) is 44.2 Å². The molecular weight excluding hydrogens is 621 g/mol. The summed E-state index contributed by atoms with van der Waals surface area (Å²) in [5, 5.41) is 3.79. The second-order valence-corrected chi connectivity index (χ2v) is 13.0. The topological polar surface area (TPSA) is 96.0 Å². The third-order valence-electron chi connectivity index (χ3n) is 6.71. The molecule has 0 heterocycles. The van der Waals surface area contributed by atoms with E-state index in [1.165, 1.54) is 30.2 Å².